The summed E-state index contributed by atoms with van der Waals surface area (Å²) >= 11 is 0. The number of para-hydroxylation sites is 1. The number of amides is 2. The van der Waals surface area contributed by atoms with Crippen molar-refractivity contribution in [1.82, 2.24) is 9.80 Å². The largest absolute Gasteiger partial charge is 0.489 e. The molecule has 0 radical (unpaired) electrons. The normalized spacial score (nSPS) is 13.8. The van der Waals surface area contributed by atoms with Gasteiger partial charge in [-0.25, -0.2) is 4.79 Å². The van der Waals surface area contributed by atoms with E-state index in [0.29, 0.717) is 26.1 Å². The van der Waals surface area contributed by atoms with E-state index in [4.69, 9.17) is 10.00 Å². The standard InChI is InChI=1S/C27H28N4O2/c28-15-14-22-10-12-25(13-11-22)33-21-24-8-4-5-9-26(24)29-27(32)31-18-16-30(17-19-31)20-23-6-2-1-3-7-23/h1-13H,14,16-21H2,(H,29,32). The van der Waals surface area contributed by atoms with E-state index in [1.807, 2.05) is 59.5 Å². The molecule has 1 fully saturated rings. The molecule has 0 aromatic heterocycles. The fourth-order valence-electron chi connectivity index (χ4n) is 3.87. The number of carbonyl (C=O) groups excluding carboxylic acids is 1. The van der Waals surface area contributed by atoms with Gasteiger partial charge in [-0.1, -0.05) is 60.7 Å². The maximum atomic E-state index is 12.9. The summed E-state index contributed by atoms with van der Waals surface area (Å²) < 4.78 is 5.91. The minimum Gasteiger partial charge on any atom is -0.489 e. The molecule has 168 valence electrons. The van der Waals surface area contributed by atoms with Crippen LogP contribution in [-0.2, 0) is 19.6 Å². The number of nitriles is 1. The Morgan fingerprint density at radius 1 is 0.879 bits per heavy atom. The summed E-state index contributed by atoms with van der Waals surface area (Å²) in [5.41, 5.74) is 3.93. The number of ether oxygens (including phenoxy) is 1. The summed E-state index contributed by atoms with van der Waals surface area (Å²) in [6.07, 6.45) is 0.385. The number of nitrogens with zero attached hydrogens (tertiary/aromatic N) is 3. The zero-order valence-corrected chi connectivity index (χ0v) is 18.6. The molecule has 4 rings (SSSR count). The molecule has 1 N–H and O–H groups in total. The number of piperazine rings is 1. The second-order valence-corrected chi connectivity index (χ2v) is 8.10. The van der Waals surface area contributed by atoms with Gasteiger partial charge in [0.2, 0.25) is 0 Å². The highest BCUT2D eigenvalue weighted by Gasteiger charge is 2.21. The van der Waals surface area contributed by atoms with Crippen LogP contribution in [0.25, 0.3) is 0 Å². The molecule has 0 spiro atoms. The van der Waals surface area contributed by atoms with Crippen LogP contribution >= 0.6 is 0 Å². The van der Waals surface area contributed by atoms with Crippen LogP contribution in [0.15, 0.2) is 78.9 Å². The molecule has 1 saturated heterocycles. The highest BCUT2D eigenvalue weighted by atomic mass is 16.5. The lowest BCUT2D eigenvalue weighted by molar-refractivity contribution is 0.143. The van der Waals surface area contributed by atoms with Crippen LogP contribution in [0.2, 0.25) is 0 Å². The first kappa shape index (κ1) is 22.4. The molecule has 6 nitrogen and oxygen atoms in total. The first-order chi connectivity index (χ1) is 16.2. The average Bonchev–Trinajstić information content (AvgIpc) is 2.86. The molecule has 3 aromatic carbocycles. The van der Waals surface area contributed by atoms with Crippen LogP contribution in [-0.4, -0.2) is 42.0 Å². The van der Waals surface area contributed by atoms with Gasteiger partial charge in [0.25, 0.3) is 0 Å². The Labute approximate surface area is 195 Å². The van der Waals surface area contributed by atoms with Crippen molar-refractivity contribution in [2.75, 3.05) is 31.5 Å². The second-order valence-electron chi connectivity index (χ2n) is 8.10. The quantitative estimate of drug-likeness (QED) is 0.579. The number of benzene rings is 3. The molecular weight excluding hydrogens is 412 g/mol. The van der Waals surface area contributed by atoms with E-state index in [2.05, 4.69) is 40.6 Å². The highest BCUT2D eigenvalue weighted by Crippen LogP contribution is 2.20. The van der Waals surface area contributed by atoms with E-state index < -0.39 is 0 Å². The molecule has 0 atom stereocenters. The Morgan fingerprint density at radius 2 is 1.58 bits per heavy atom. The second kappa shape index (κ2) is 11.2. The van der Waals surface area contributed by atoms with Gasteiger partial charge in [0.1, 0.15) is 12.4 Å². The van der Waals surface area contributed by atoms with E-state index >= 15 is 0 Å². The van der Waals surface area contributed by atoms with Crippen molar-refractivity contribution in [1.29, 1.82) is 5.26 Å². The van der Waals surface area contributed by atoms with Gasteiger partial charge in [0.15, 0.2) is 0 Å². The third-order valence-corrected chi connectivity index (χ3v) is 5.77. The Morgan fingerprint density at radius 3 is 2.30 bits per heavy atom. The number of hydrogen-bond acceptors (Lipinski definition) is 4. The summed E-state index contributed by atoms with van der Waals surface area (Å²) in [6.45, 7) is 4.37. The molecule has 0 bridgehead atoms. The highest BCUT2D eigenvalue weighted by molar-refractivity contribution is 5.90. The monoisotopic (exact) mass is 440 g/mol. The number of carbonyl (C=O) groups is 1. The van der Waals surface area contributed by atoms with Crippen LogP contribution in [0.3, 0.4) is 0 Å². The molecule has 33 heavy (non-hydrogen) atoms. The maximum Gasteiger partial charge on any atom is 0.321 e. The molecule has 0 saturated carbocycles. The van der Waals surface area contributed by atoms with Crippen molar-refractivity contribution >= 4 is 11.7 Å². The van der Waals surface area contributed by atoms with Crippen LogP contribution in [0, 0.1) is 11.3 Å². The van der Waals surface area contributed by atoms with Crippen LogP contribution < -0.4 is 10.1 Å². The fraction of sp³-hybridized carbons (Fsp3) is 0.259. The van der Waals surface area contributed by atoms with E-state index in [9.17, 15) is 4.79 Å². The van der Waals surface area contributed by atoms with Gasteiger partial charge >= 0.3 is 6.03 Å². The lowest BCUT2D eigenvalue weighted by Gasteiger charge is -2.34. The Bertz CT molecular complexity index is 1090. The molecule has 1 aliphatic heterocycles. The molecule has 3 aromatic rings. The van der Waals surface area contributed by atoms with E-state index in [1.54, 1.807) is 0 Å². The minimum absolute atomic E-state index is 0.0809. The summed E-state index contributed by atoms with van der Waals surface area (Å²) in [4.78, 5) is 17.1. The van der Waals surface area contributed by atoms with E-state index in [-0.39, 0.29) is 6.03 Å². The Balaban J connectivity index is 1.29. The third kappa shape index (κ3) is 6.34. The predicted octanol–water partition coefficient (Wildman–Crippen LogP) is 4.68. The number of anilines is 1. The number of nitrogens with one attached hydrogen (secondary N) is 1. The summed E-state index contributed by atoms with van der Waals surface area (Å²) in [7, 11) is 0. The number of rotatable bonds is 7. The van der Waals surface area contributed by atoms with Crippen molar-refractivity contribution in [3.63, 3.8) is 0 Å². The van der Waals surface area contributed by atoms with Crippen LogP contribution in [0.5, 0.6) is 5.75 Å². The smallest absolute Gasteiger partial charge is 0.321 e. The molecule has 0 unspecified atom stereocenters. The topological polar surface area (TPSA) is 68.6 Å². The van der Waals surface area contributed by atoms with Gasteiger partial charge in [0, 0.05) is 44.0 Å². The van der Waals surface area contributed by atoms with Crippen molar-refractivity contribution < 1.29 is 9.53 Å². The van der Waals surface area contributed by atoms with Crippen molar-refractivity contribution in [3.8, 4) is 11.8 Å². The molecule has 6 heteroatoms. The molecule has 0 aliphatic carbocycles. The first-order valence-electron chi connectivity index (χ1n) is 11.2. The number of urea groups is 1. The maximum absolute atomic E-state index is 12.9. The Hall–Kier alpha value is -3.82. The molecule has 1 heterocycles. The van der Waals surface area contributed by atoms with Crippen molar-refractivity contribution in [2.45, 2.75) is 19.6 Å². The Kier molecular flexibility index (Phi) is 7.57. The van der Waals surface area contributed by atoms with Crippen LogP contribution in [0.4, 0.5) is 10.5 Å². The summed E-state index contributed by atoms with van der Waals surface area (Å²) in [5.74, 6) is 0.729. The van der Waals surface area contributed by atoms with E-state index in [0.717, 1.165) is 42.2 Å². The van der Waals surface area contributed by atoms with E-state index in [1.165, 1.54) is 5.56 Å². The van der Waals surface area contributed by atoms with Crippen molar-refractivity contribution in [3.05, 3.63) is 95.6 Å². The lowest BCUT2D eigenvalue weighted by Crippen LogP contribution is -2.49. The SMILES string of the molecule is N#CCc1ccc(OCc2ccccc2NC(=O)N2CCN(Cc3ccccc3)CC2)cc1. The lowest BCUT2D eigenvalue weighted by atomic mass is 10.1. The van der Waals surface area contributed by atoms with Gasteiger partial charge in [0.05, 0.1) is 12.5 Å². The summed E-state index contributed by atoms with van der Waals surface area (Å²) in [5, 5.41) is 11.8. The van der Waals surface area contributed by atoms with Crippen LogP contribution in [0.1, 0.15) is 16.7 Å². The zero-order chi connectivity index (χ0) is 22.9. The van der Waals surface area contributed by atoms with Crippen molar-refractivity contribution in [2.24, 2.45) is 0 Å². The predicted molar refractivity (Wildman–Crippen MR) is 129 cm³/mol. The molecule has 1 aliphatic rings. The van der Waals surface area contributed by atoms with Gasteiger partial charge in [-0.15, -0.1) is 0 Å². The van der Waals surface area contributed by atoms with Gasteiger partial charge in [-0.3, -0.25) is 4.90 Å². The third-order valence-electron chi connectivity index (χ3n) is 5.77. The molecule has 2 amide bonds. The average molecular weight is 441 g/mol. The molecular formula is C27H28N4O2. The van der Waals surface area contributed by atoms with Gasteiger partial charge < -0.3 is 15.0 Å². The zero-order valence-electron chi connectivity index (χ0n) is 18.6. The minimum atomic E-state index is -0.0809. The fourth-order valence-corrected chi connectivity index (χ4v) is 3.87. The summed E-state index contributed by atoms with van der Waals surface area (Å²) in [6, 6.07) is 27.7. The van der Waals surface area contributed by atoms with Gasteiger partial charge in [-0.2, -0.15) is 5.26 Å². The first-order valence-corrected chi connectivity index (χ1v) is 11.2. The number of hydrogen-bond donors (Lipinski definition) is 1. The van der Waals surface area contributed by atoms with Gasteiger partial charge in [-0.05, 0) is 29.3 Å².